The van der Waals surface area contributed by atoms with Crippen molar-refractivity contribution in [3.63, 3.8) is 0 Å². The van der Waals surface area contributed by atoms with E-state index in [9.17, 15) is 14.4 Å². The van der Waals surface area contributed by atoms with Crippen molar-refractivity contribution >= 4 is 29.2 Å². The Balaban J connectivity index is 1.77. The number of aryl methyl sites for hydroxylation is 1. The van der Waals surface area contributed by atoms with Crippen molar-refractivity contribution in [2.45, 2.75) is 46.0 Å². The first-order chi connectivity index (χ1) is 13.0. The van der Waals surface area contributed by atoms with E-state index in [1.54, 1.807) is 19.1 Å². The molecule has 6 heteroatoms. The molecular formula is C21H25N3O3. The zero-order valence-corrected chi connectivity index (χ0v) is 15.8. The maximum Gasteiger partial charge on any atom is 0.335 e. The largest absolute Gasteiger partial charge is 0.335 e. The summed E-state index contributed by atoms with van der Waals surface area (Å²) in [5.41, 5.74) is 3.11. The van der Waals surface area contributed by atoms with E-state index in [-0.39, 0.29) is 0 Å². The van der Waals surface area contributed by atoms with Gasteiger partial charge in [0.1, 0.15) is 0 Å². The van der Waals surface area contributed by atoms with Gasteiger partial charge in [-0.1, -0.05) is 29.8 Å². The highest BCUT2D eigenvalue weighted by atomic mass is 16.2. The Morgan fingerprint density at radius 3 is 2.70 bits per heavy atom. The van der Waals surface area contributed by atoms with E-state index in [1.165, 1.54) is 18.4 Å². The van der Waals surface area contributed by atoms with Gasteiger partial charge in [0.05, 0.1) is 5.69 Å². The van der Waals surface area contributed by atoms with Crippen LogP contribution in [-0.4, -0.2) is 30.1 Å². The Hall–Kier alpha value is -2.76. The lowest BCUT2D eigenvalue weighted by Crippen LogP contribution is -2.60. The van der Waals surface area contributed by atoms with E-state index in [4.69, 9.17) is 0 Å². The van der Waals surface area contributed by atoms with Crippen molar-refractivity contribution in [3.05, 3.63) is 41.5 Å². The van der Waals surface area contributed by atoms with Crippen LogP contribution in [-0.2, 0) is 9.59 Å². The number of carbonyl (C=O) groups excluding carboxylic acids is 3. The number of amides is 4. The van der Waals surface area contributed by atoms with Gasteiger partial charge in [-0.3, -0.25) is 19.9 Å². The van der Waals surface area contributed by atoms with Crippen LogP contribution in [0.15, 0.2) is 40.9 Å². The first kappa shape index (κ1) is 19.0. The smallest absolute Gasteiger partial charge is 0.293 e. The van der Waals surface area contributed by atoms with Gasteiger partial charge in [-0.05, 0) is 57.6 Å². The molecule has 4 amide bonds. The summed E-state index contributed by atoms with van der Waals surface area (Å²) >= 11 is 0. The van der Waals surface area contributed by atoms with Crippen LogP contribution in [0.2, 0.25) is 0 Å². The highest BCUT2D eigenvalue weighted by molar-refractivity contribution is 6.35. The fourth-order valence-corrected chi connectivity index (χ4v) is 3.58. The van der Waals surface area contributed by atoms with E-state index in [1.807, 2.05) is 19.1 Å². The van der Waals surface area contributed by atoms with Crippen LogP contribution in [0.3, 0.4) is 0 Å². The first-order valence-corrected chi connectivity index (χ1v) is 9.42. The molecule has 2 aliphatic rings. The third-order valence-corrected chi connectivity index (χ3v) is 5.12. The third-order valence-electron chi connectivity index (χ3n) is 5.12. The number of aliphatic imine (C=N–C) groups is 1. The van der Waals surface area contributed by atoms with Gasteiger partial charge >= 0.3 is 6.03 Å². The van der Waals surface area contributed by atoms with Crippen LogP contribution in [0.5, 0.6) is 0 Å². The number of barbiturate groups is 1. The van der Waals surface area contributed by atoms with Crippen molar-refractivity contribution in [2.75, 3.05) is 11.4 Å². The molecule has 0 aromatic heterocycles. The van der Waals surface area contributed by atoms with Crippen molar-refractivity contribution < 1.29 is 14.4 Å². The van der Waals surface area contributed by atoms with Crippen molar-refractivity contribution in [1.82, 2.24) is 5.32 Å². The van der Waals surface area contributed by atoms with Gasteiger partial charge in [-0.25, -0.2) is 9.69 Å². The van der Waals surface area contributed by atoms with Crippen LogP contribution in [0, 0.1) is 12.8 Å². The molecule has 0 saturated carbocycles. The highest BCUT2D eigenvalue weighted by Crippen LogP contribution is 2.25. The summed E-state index contributed by atoms with van der Waals surface area (Å²) in [4.78, 5) is 43.1. The van der Waals surface area contributed by atoms with Gasteiger partial charge in [0.2, 0.25) is 5.91 Å². The fourth-order valence-electron chi connectivity index (χ4n) is 3.58. The second kappa shape index (κ2) is 8.29. The van der Waals surface area contributed by atoms with Gasteiger partial charge in [0.15, 0.2) is 5.92 Å². The molecule has 1 aromatic carbocycles. The first-order valence-electron chi connectivity index (χ1n) is 9.42. The zero-order valence-electron chi connectivity index (χ0n) is 15.8. The third kappa shape index (κ3) is 4.15. The van der Waals surface area contributed by atoms with Crippen LogP contribution in [0.25, 0.3) is 0 Å². The summed E-state index contributed by atoms with van der Waals surface area (Å²) in [5.74, 6) is -2.22. The molecular weight excluding hydrogens is 342 g/mol. The van der Waals surface area contributed by atoms with E-state index in [2.05, 4.69) is 16.4 Å². The highest BCUT2D eigenvalue weighted by Gasteiger charge is 2.43. The number of nitrogens with one attached hydrogen (secondary N) is 1. The molecule has 1 heterocycles. The number of benzene rings is 1. The maximum absolute atomic E-state index is 13.0. The molecule has 0 bridgehead atoms. The predicted octanol–water partition coefficient (Wildman–Crippen LogP) is 3.55. The van der Waals surface area contributed by atoms with Gasteiger partial charge in [-0.2, -0.15) is 0 Å². The normalized spacial score (nSPS) is 21.2. The zero-order chi connectivity index (χ0) is 19.4. The number of urea groups is 1. The quantitative estimate of drug-likeness (QED) is 0.491. The second-order valence-electron chi connectivity index (χ2n) is 7.07. The molecule has 142 valence electrons. The average molecular weight is 367 g/mol. The molecule has 1 fully saturated rings. The molecule has 1 N–H and O–H groups in total. The Morgan fingerprint density at radius 2 is 2.00 bits per heavy atom. The Kier molecular flexibility index (Phi) is 5.84. The molecule has 6 nitrogen and oxygen atoms in total. The van der Waals surface area contributed by atoms with Crippen LogP contribution in [0.4, 0.5) is 10.5 Å². The summed E-state index contributed by atoms with van der Waals surface area (Å²) in [5, 5.41) is 2.29. The molecule has 1 atom stereocenters. The molecule has 1 saturated heterocycles. The summed E-state index contributed by atoms with van der Waals surface area (Å²) in [6.45, 7) is 4.05. The number of carbonyl (C=O) groups is 3. The van der Waals surface area contributed by atoms with Crippen LogP contribution >= 0.6 is 0 Å². The van der Waals surface area contributed by atoms with Crippen LogP contribution < -0.4 is 10.2 Å². The molecule has 0 spiro atoms. The molecule has 1 aliphatic heterocycles. The standard InChI is InChI=1S/C21H25N3O3/c1-14-8-6-7-11-17(14)24-20(26)18(19(25)23-21(24)27)15(2)22-13-12-16-9-4-3-5-10-16/h6-9,11,18H,3-5,10,12-13H2,1-2H3,(H,23,25,27)/t18-/m1/s1. The van der Waals surface area contributed by atoms with E-state index >= 15 is 0 Å². The maximum atomic E-state index is 13.0. The predicted molar refractivity (Wildman–Crippen MR) is 105 cm³/mol. The van der Waals surface area contributed by atoms with E-state index < -0.39 is 23.8 Å². The Morgan fingerprint density at radius 1 is 1.22 bits per heavy atom. The number of anilines is 1. The number of rotatable bonds is 5. The molecule has 0 unspecified atom stereocenters. The fraction of sp³-hybridized carbons (Fsp3) is 0.429. The number of hydrogen-bond donors (Lipinski definition) is 1. The number of imide groups is 2. The minimum atomic E-state index is -1.07. The summed E-state index contributed by atoms with van der Waals surface area (Å²) in [7, 11) is 0. The molecule has 1 aliphatic carbocycles. The summed E-state index contributed by atoms with van der Waals surface area (Å²) in [6.07, 6.45) is 7.80. The van der Waals surface area contributed by atoms with E-state index in [0.717, 1.165) is 29.7 Å². The van der Waals surface area contributed by atoms with Crippen molar-refractivity contribution in [3.8, 4) is 0 Å². The lowest BCUT2D eigenvalue weighted by atomic mass is 9.96. The van der Waals surface area contributed by atoms with Crippen LogP contribution in [0.1, 0.15) is 44.6 Å². The van der Waals surface area contributed by atoms with Crippen molar-refractivity contribution in [2.24, 2.45) is 10.9 Å². The molecule has 0 radical (unpaired) electrons. The molecule has 3 rings (SSSR count). The number of para-hydroxylation sites is 1. The number of allylic oxidation sites excluding steroid dienone is 1. The lowest BCUT2D eigenvalue weighted by Gasteiger charge is -2.31. The molecule has 27 heavy (non-hydrogen) atoms. The van der Waals surface area contributed by atoms with Gasteiger partial charge < -0.3 is 0 Å². The Labute approximate surface area is 159 Å². The second-order valence-corrected chi connectivity index (χ2v) is 7.07. The summed E-state index contributed by atoms with van der Waals surface area (Å²) < 4.78 is 0. The minimum absolute atomic E-state index is 0.444. The molecule has 1 aromatic rings. The monoisotopic (exact) mass is 367 g/mol. The Bertz CT molecular complexity index is 826. The minimum Gasteiger partial charge on any atom is -0.293 e. The van der Waals surface area contributed by atoms with Gasteiger partial charge in [-0.15, -0.1) is 0 Å². The summed E-state index contributed by atoms with van der Waals surface area (Å²) in [6, 6.07) is 6.39. The number of hydrogen-bond acceptors (Lipinski definition) is 4. The van der Waals surface area contributed by atoms with E-state index in [0.29, 0.717) is 17.9 Å². The lowest BCUT2D eigenvalue weighted by molar-refractivity contribution is -0.131. The van der Waals surface area contributed by atoms with Gasteiger partial charge in [0.25, 0.3) is 5.91 Å². The van der Waals surface area contributed by atoms with Crippen molar-refractivity contribution in [1.29, 1.82) is 0 Å². The average Bonchev–Trinajstić information content (AvgIpc) is 2.64. The van der Waals surface area contributed by atoms with Gasteiger partial charge in [0, 0.05) is 12.3 Å². The topological polar surface area (TPSA) is 78.8 Å². The SMILES string of the molecule is CC(=NCCC1=CCCCC1)[C@@H]1C(=O)NC(=O)N(c2ccccc2C)C1=O. The number of nitrogens with zero attached hydrogens (tertiary/aromatic N) is 2.